The van der Waals surface area contributed by atoms with Crippen LogP contribution < -0.4 is 30.7 Å². The third-order valence-electron chi connectivity index (χ3n) is 4.34. The van der Waals surface area contributed by atoms with E-state index in [1.807, 2.05) is 0 Å². The van der Waals surface area contributed by atoms with Crippen LogP contribution in [0.15, 0.2) is 48.5 Å². The highest BCUT2D eigenvalue weighted by molar-refractivity contribution is 5.23. The van der Waals surface area contributed by atoms with Crippen LogP contribution in [0, 0.1) is 7.14 Å². The fraction of sp³-hybridized carbons (Fsp3) is 0.455. The highest BCUT2D eigenvalue weighted by Gasteiger charge is 2.20. The van der Waals surface area contributed by atoms with Crippen molar-refractivity contribution in [2.45, 2.75) is 65.6 Å². The molecule has 25 heavy (non-hydrogen) atoms. The van der Waals surface area contributed by atoms with Crippen LogP contribution >= 0.6 is 0 Å². The van der Waals surface area contributed by atoms with E-state index in [1.54, 1.807) is 0 Å². The van der Waals surface area contributed by atoms with Gasteiger partial charge in [-0.3, -0.25) is 0 Å². The van der Waals surface area contributed by atoms with Crippen LogP contribution in [0.4, 0.5) is 0 Å². The molecule has 136 valence electrons. The molecule has 2 rings (SSSR count). The van der Waals surface area contributed by atoms with Gasteiger partial charge in [0.1, 0.15) is 22.7 Å². The third kappa shape index (κ3) is 6.53. The van der Waals surface area contributed by atoms with Crippen molar-refractivity contribution in [3.63, 3.8) is 0 Å². The van der Waals surface area contributed by atoms with Gasteiger partial charge >= 0.3 is 21.2 Å². The molecular formula is C22H30IO2+. The van der Waals surface area contributed by atoms with Gasteiger partial charge in [-0.05, 0) is 89.1 Å². The lowest BCUT2D eigenvalue weighted by atomic mass is 10.1. The molecule has 2 aromatic carbocycles. The topological polar surface area (TPSA) is 18.5 Å². The molecule has 0 atom stereocenters. The highest BCUT2D eigenvalue weighted by atomic mass is 127. The van der Waals surface area contributed by atoms with Crippen LogP contribution in [0.25, 0.3) is 0 Å². The van der Waals surface area contributed by atoms with Crippen LogP contribution in [-0.2, 0) is 0 Å². The number of ether oxygens (including phenoxy) is 2. The van der Waals surface area contributed by atoms with E-state index in [-0.39, 0.29) is 32.4 Å². The Morgan fingerprint density at radius 2 is 0.960 bits per heavy atom. The molecule has 0 aromatic heterocycles. The van der Waals surface area contributed by atoms with Crippen LogP contribution in [0.3, 0.4) is 0 Å². The van der Waals surface area contributed by atoms with Crippen molar-refractivity contribution in [3.8, 4) is 11.5 Å². The predicted octanol–water partition coefficient (Wildman–Crippen LogP) is 2.95. The average molecular weight is 453 g/mol. The second kappa shape index (κ2) is 8.43. The Morgan fingerprint density at radius 1 is 0.640 bits per heavy atom. The smallest absolute Gasteiger partial charge is 0.357 e. The molecule has 3 heteroatoms. The van der Waals surface area contributed by atoms with E-state index in [2.05, 4.69) is 90.1 Å². The van der Waals surface area contributed by atoms with Crippen molar-refractivity contribution in [3.05, 3.63) is 55.7 Å². The van der Waals surface area contributed by atoms with Crippen molar-refractivity contribution in [1.29, 1.82) is 0 Å². The molecular weight excluding hydrogens is 423 g/mol. The number of benzene rings is 2. The standard InChI is InChI=1S/C22H30IO2/c1-7-21(3,4)24-19-13-9-17(10-14-19)23-18-11-15-20(16-12-18)25-22(5,6)8-2/h9-16H,7-8H2,1-6H3/q+1. The largest absolute Gasteiger partial charge is 0.488 e. The summed E-state index contributed by atoms with van der Waals surface area (Å²) in [6, 6.07) is 17.1. The molecule has 0 aliphatic rings. The van der Waals surface area contributed by atoms with Crippen molar-refractivity contribution in [2.24, 2.45) is 0 Å². The van der Waals surface area contributed by atoms with Crippen molar-refractivity contribution < 1.29 is 30.7 Å². The van der Waals surface area contributed by atoms with Gasteiger partial charge < -0.3 is 9.47 Å². The molecule has 0 aliphatic heterocycles. The molecule has 0 bridgehead atoms. The van der Waals surface area contributed by atoms with Crippen molar-refractivity contribution >= 4 is 0 Å². The maximum Gasteiger partial charge on any atom is 0.357 e. The van der Waals surface area contributed by atoms with Gasteiger partial charge in [0.25, 0.3) is 0 Å². The third-order valence-corrected chi connectivity index (χ3v) is 7.02. The summed E-state index contributed by atoms with van der Waals surface area (Å²) in [5, 5.41) is 0. The van der Waals surface area contributed by atoms with Crippen LogP contribution in [0.5, 0.6) is 11.5 Å². The number of halogens is 1. The lowest BCUT2D eigenvalue weighted by Gasteiger charge is -2.24. The fourth-order valence-corrected chi connectivity index (χ4v) is 4.20. The molecule has 0 N–H and O–H groups in total. The molecule has 2 nitrogen and oxygen atoms in total. The lowest BCUT2D eigenvalue weighted by molar-refractivity contribution is -0.597. The lowest BCUT2D eigenvalue weighted by Crippen LogP contribution is -3.61. The Morgan fingerprint density at radius 3 is 1.24 bits per heavy atom. The molecule has 2 aromatic rings. The zero-order valence-electron chi connectivity index (χ0n) is 16.2. The Kier molecular flexibility index (Phi) is 6.78. The molecule has 0 heterocycles. The molecule has 0 unspecified atom stereocenters. The molecule has 0 saturated heterocycles. The second-order valence-electron chi connectivity index (χ2n) is 7.43. The molecule has 0 saturated carbocycles. The summed E-state index contributed by atoms with van der Waals surface area (Å²) < 4.78 is 14.8. The Bertz CT molecular complexity index is 598. The van der Waals surface area contributed by atoms with Crippen molar-refractivity contribution in [2.75, 3.05) is 0 Å². The molecule has 0 fully saturated rings. The minimum atomic E-state index is -0.184. The van der Waals surface area contributed by atoms with Crippen molar-refractivity contribution in [1.82, 2.24) is 0 Å². The second-order valence-corrected chi connectivity index (χ2v) is 10.5. The Hall–Kier alpha value is -1.23. The van der Waals surface area contributed by atoms with Gasteiger partial charge in [-0.15, -0.1) is 0 Å². The predicted molar refractivity (Wildman–Crippen MR) is 100 cm³/mol. The van der Waals surface area contributed by atoms with Gasteiger partial charge in [0, 0.05) is 0 Å². The zero-order chi connectivity index (χ0) is 18.5. The van der Waals surface area contributed by atoms with Gasteiger partial charge in [-0.25, -0.2) is 0 Å². The zero-order valence-corrected chi connectivity index (χ0v) is 18.4. The molecule has 0 amide bonds. The average Bonchev–Trinajstić information content (AvgIpc) is 2.58. The Balaban J connectivity index is 1.98. The first-order valence-electron chi connectivity index (χ1n) is 8.96. The van der Waals surface area contributed by atoms with E-state index < -0.39 is 0 Å². The van der Waals surface area contributed by atoms with Gasteiger partial charge in [0.05, 0.1) is 0 Å². The summed E-state index contributed by atoms with van der Waals surface area (Å²) >= 11 is -0.184. The maximum atomic E-state index is 6.02. The van der Waals surface area contributed by atoms with Crippen LogP contribution in [0.2, 0.25) is 0 Å². The van der Waals surface area contributed by atoms with E-state index in [9.17, 15) is 0 Å². The highest BCUT2D eigenvalue weighted by Crippen LogP contribution is 2.21. The fourth-order valence-electron chi connectivity index (χ4n) is 2.04. The summed E-state index contributed by atoms with van der Waals surface area (Å²) in [7, 11) is 0. The normalized spacial score (nSPS) is 12.1. The van der Waals surface area contributed by atoms with Crippen LogP contribution in [-0.4, -0.2) is 11.2 Å². The molecule has 0 radical (unpaired) electrons. The first kappa shape index (κ1) is 20.1. The van der Waals surface area contributed by atoms with E-state index in [0.29, 0.717) is 0 Å². The number of hydrogen-bond donors (Lipinski definition) is 0. The van der Waals surface area contributed by atoms with Gasteiger partial charge in [0.2, 0.25) is 0 Å². The minimum Gasteiger partial charge on any atom is -0.488 e. The van der Waals surface area contributed by atoms with Gasteiger partial charge in [-0.1, -0.05) is 13.8 Å². The van der Waals surface area contributed by atoms with Crippen LogP contribution in [0.1, 0.15) is 54.4 Å². The monoisotopic (exact) mass is 453 g/mol. The maximum absolute atomic E-state index is 6.02. The SMILES string of the molecule is CCC(C)(C)Oc1ccc([I+]c2ccc(OC(C)(C)CC)cc2)cc1. The van der Waals surface area contributed by atoms with E-state index in [4.69, 9.17) is 9.47 Å². The van der Waals surface area contributed by atoms with Gasteiger partial charge in [0.15, 0.2) is 7.14 Å². The van der Waals surface area contributed by atoms with E-state index in [1.165, 1.54) is 7.14 Å². The first-order valence-corrected chi connectivity index (χ1v) is 11.1. The van der Waals surface area contributed by atoms with Gasteiger partial charge in [-0.2, -0.15) is 0 Å². The quantitative estimate of drug-likeness (QED) is 0.573. The summed E-state index contributed by atoms with van der Waals surface area (Å²) in [5.74, 6) is 1.90. The minimum absolute atomic E-state index is 0.112. The number of rotatable bonds is 8. The molecule has 0 aliphatic carbocycles. The molecule has 0 spiro atoms. The first-order chi connectivity index (χ1) is 11.7. The van der Waals surface area contributed by atoms with E-state index in [0.717, 1.165) is 24.3 Å². The summed E-state index contributed by atoms with van der Waals surface area (Å²) in [5.41, 5.74) is -0.225. The van der Waals surface area contributed by atoms with E-state index >= 15 is 0 Å². The summed E-state index contributed by atoms with van der Waals surface area (Å²) in [6.07, 6.45) is 1.98. The Labute approximate surface area is 163 Å². The summed E-state index contributed by atoms with van der Waals surface area (Å²) in [6.45, 7) is 12.8. The summed E-state index contributed by atoms with van der Waals surface area (Å²) in [4.78, 5) is 0. The number of hydrogen-bond acceptors (Lipinski definition) is 2.